The maximum Gasteiger partial charge on any atom is 0.295 e. The van der Waals surface area contributed by atoms with Crippen LogP contribution in [0.1, 0.15) is 66.9 Å². The fraction of sp³-hybridized carbons (Fsp3) is 0.296. The molecule has 0 radical (unpaired) electrons. The van der Waals surface area contributed by atoms with Gasteiger partial charge >= 0.3 is 0 Å². The number of nitrogens with one attached hydrogen (secondary N) is 1. The molecule has 0 aliphatic heterocycles. The molecule has 3 aromatic carbocycles. The Bertz CT molecular complexity index is 1140. The molecule has 0 saturated heterocycles. The van der Waals surface area contributed by atoms with Crippen LogP contribution in [0.5, 0.6) is 0 Å². The minimum absolute atomic E-state index is 0.0977. The van der Waals surface area contributed by atoms with E-state index in [4.69, 9.17) is 0 Å². The summed E-state index contributed by atoms with van der Waals surface area (Å²) in [6.07, 6.45) is 0. The summed E-state index contributed by atoms with van der Waals surface area (Å²) in [5.41, 5.74) is 1.58. The monoisotopic (exact) mass is 430 g/mol. The summed E-state index contributed by atoms with van der Waals surface area (Å²) in [5.74, 6) is -1.46. The van der Waals surface area contributed by atoms with Crippen LogP contribution in [0.2, 0.25) is 0 Å². The van der Waals surface area contributed by atoms with Crippen molar-refractivity contribution in [1.29, 1.82) is 0 Å². The van der Waals surface area contributed by atoms with Gasteiger partial charge in [-0.1, -0.05) is 54.6 Å². The third-order valence-electron chi connectivity index (χ3n) is 5.57. The molecular formula is C27H30N2O3. The summed E-state index contributed by atoms with van der Waals surface area (Å²) in [5, 5.41) is 5.21. The summed E-state index contributed by atoms with van der Waals surface area (Å²) in [6.45, 7) is 9.45. The van der Waals surface area contributed by atoms with Crippen molar-refractivity contribution in [3.05, 3.63) is 83.4 Å². The van der Waals surface area contributed by atoms with Crippen LogP contribution < -0.4 is 5.32 Å². The van der Waals surface area contributed by atoms with E-state index in [0.29, 0.717) is 5.56 Å². The van der Waals surface area contributed by atoms with Crippen LogP contribution in [0.25, 0.3) is 10.8 Å². The minimum Gasteiger partial charge on any atom is -0.345 e. The number of nitrogens with zero attached hydrogens (tertiary/aromatic N) is 1. The number of fused-ring (bicyclic) bond motifs is 1. The number of carbonyl (C=O) groups excluding carboxylic acids is 3. The standard InChI is InChI=1S/C27H30N2O3/c1-17(2)29(18(3)4)27(32)25(30)21-12-8-13-22(16-21)26(31)28-19(5)23-15-9-11-20-10-6-7-14-24(20)23/h6-19H,1-5H3,(H,28,31)/t19-/m0/s1. The molecule has 1 atom stereocenters. The Kier molecular flexibility index (Phi) is 7.08. The number of hydrogen-bond donors (Lipinski definition) is 1. The first-order chi connectivity index (χ1) is 15.2. The Labute approximate surface area is 189 Å². The first-order valence-corrected chi connectivity index (χ1v) is 11.0. The molecular weight excluding hydrogens is 400 g/mol. The molecule has 0 bridgehead atoms. The second kappa shape index (κ2) is 9.77. The number of ketones is 1. The first-order valence-electron chi connectivity index (χ1n) is 11.0. The highest BCUT2D eigenvalue weighted by Gasteiger charge is 2.27. The molecule has 0 aromatic heterocycles. The minimum atomic E-state index is -0.607. The zero-order valence-electron chi connectivity index (χ0n) is 19.3. The van der Waals surface area contributed by atoms with Gasteiger partial charge in [0, 0.05) is 23.2 Å². The average molecular weight is 431 g/mol. The zero-order chi connectivity index (χ0) is 23.4. The third-order valence-corrected chi connectivity index (χ3v) is 5.57. The fourth-order valence-corrected chi connectivity index (χ4v) is 4.09. The van der Waals surface area contributed by atoms with Gasteiger partial charge in [-0.05, 0) is 63.1 Å². The van der Waals surface area contributed by atoms with Gasteiger partial charge in [0.2, 0.25) is 5.78 Å². The molecule has 0 spiro atoms. The predicted octanol–water partition coefficient (Wildman–Crippen LogP) is 5.16. The second-order valence-electron chi connectivity index (χ2n) is 8.57. The Hall–Kier alpha value is -3.47. The van der Waals surface area contributed by atoms with E-state index >= 15 is 0 Å². The summed E-state index contributed by atoms with van der Waals surface area (Å²) in [6, 6.07) is 20.0. The molecule has 1 N–H and O–H groups in total. The van der Waals surface area contributed by atoms with E-state index < -0.39 is 11.7 Å². The van der Waals surface area contributed by atoms with Crippen molar-refractivity contribution >= 4 is 28.4 Å². The SMILES string of the molecule is CC(C)N(C(=O)C(=O)c1cccc(C(=O)N[C@@H](C)c2cccc3ccccc23)c1)C(C)C. The maximum absolute atomic E-state index is 12.9. The summed E-state index contributed by atoms with van der Waals surface area (Å²) < 4.78 is 0. The highest BCUT2D eigenvalue weighted by atomic mass is 16.2. The van der Waals surface area contributed by atoms with E-state index in [9.17, 15) is 14.4 Å². The van der Waals surface area contributed by atoms with Gasteiger partial charge < -0.3 is 10.2 Å². The highest BCUT2D eigenvalue weighted by Crippen LogP contribution is 2.24. The Balaban J connectivity index is 1.80. The molecule has 2 amide bonds. The number of Topliss-reactive ketones (excluding diaryl/α,β-unsaturated/α-hetero) is 1. The second-order valence-corrected chi connectivity index (χ2v) is 8.57. The molecule has 0 saturated carbocycles. The van der Waals surface area contributed by atoms with Gasteiger partial charge in [-0.3, -0.25) is 14.4 Å². The van der Waals surface area contributed by atoms with E-state index in [1.54, 1.807) is 23.1 Å². The Morgan fingerprint density at radius 3 is 2.03 bits per heavy atom. The predicted molar refractivity (Wildman–Crippen MR) is 128 cm³/mol. The quantitative estimate of drug-likeness (QED) is 0.416. The van der Waals surface area contributed by atoms with Gasteiger partial charge in [0.15, 0.2) is 0 Å². The molecule has 166 valence electrons. The van der Waals surface area contributed by atoms with Crippen molar-refractivity contribution in [3.63, 3.8) is 0 Å². The van der Waals surface area contributed by atoms with E-state index in [2.05, 4.69) is 5.32 Å². The number of hydrogen-bond acceptors (Lipinski definition) is 3. The van der Waals surface area contributed by atoms with E-state index in [1.165, 1.54) is 6.07 Å². The Morgan fingerprint density at radius 1 is 0.750 bits per heavy atom. The van der Waals surface area contributed by atoms with Crippen molar-refractivity contribution in [2.75, 3.05) is 0 Å². The third kappa shape index (κ3) is 4.88. The van der Waals surface area contributed by atoms with Crippen LogP contribution in [-0.2, 0) is 4.79 Å². The van der Waals surface area contributed by atoms with Crippen LogP contribution in [-0.4, -0.2) is 34.6 Å². The molecule has 0 unspecified atom stereocenters. The van der Waals surface area contributed by atoms with Gasteiger partial charge in [0.05, 0.1) is 6.04 Å². The van der Waals surface area contributed by atoms with E-state index in [-0.39, 0.29) is 29.6 Å². The lowest BCUT2D eigenvalue weighted by atomic mass is 9.99. The fourth-order valence-electron chi connectivity index (χ4n) is 4.09. The summed E-state index contributed by atoms with van der Waals surface area (Å²) in [7, 11) is 0. The maximum atomic E-state index is 12.9. The van der Waals surface area contributed by atoms with Crippen molar-refractivity contribution in [2.24, 2.45) is 0 Å². The van der Waals surface area contributed by atoms with Crippen LogP contribution in [0.3, 0.4) is 0 Å². The van der Waals surface area contributed by atoms with Crippen molar-refractivity contribution in [2.45, 2.75) is 52.7 Å². The lowest BCUT2D eigenvalue weighted by molar-refractivity contribution is -0.129. The van der Waals surface area contributed by atoms with Gasteiger partial charge in [-0.25, -0.2) is 0 Å². The summed E-state index contributed by atoms with van der Waals surface area (Å²) in [4.78, 5) is 40.1. The molecule has 0 aliphatic rings. The smallest absolute Gasteiger partial charge is 0.295 e. The lowest BCUT2D eigenvalue weighted by Gasteiger charge is -2.30. The van der Waals surface area contributed by atoms with Crippen LogP contribution in [0.15, 0.2) is 66.7 Å². The number of carbonyl (C=O) groups is 3. The molecule has 0 aliphatic carbocycles. The molecule has 32 heavy (non-hydrogen) atoms. The average Bonchev–Trinajstić information content (AvgIpc) is 2.77. The van der Waals surface area contributed by atoms with Crippen LogP contribution in [0, 0.1) is 0 Å². The molecule has 5 heteroatoms. The van der Waals surface area contributed by atoms with Gasteiger partial charge in [-0.15, -0.1) is 0 Å². The van der Waals surface area contributed by atoms with Crippen molar-refractivity contribution < 1.29 is 14.4 Å². The highest BCUT2D eigenvalue weighted by molar-refractivity contribution is 6.43. The number of benzene rings is 3. The van der Waals surface area contributed by atoms with Crippen molar-refractivity contribution in [3.8, 4) is 0 Å². The normalized spacial score (nSPS) is 12.1. The molecule has 3 rings (SSSR count). The van der Waals surface area contributed by atoms with Crippen LogP contribution >= 0.6 is 0 Å². The molecule has 0 heterocycles. The molecule has 5 nitrogen and oxygen atoms in total. The van der Waals surface area contributed by atoms with Gasteiger partial charge in [0.25, 0.3) is 11.8 Å². The van der Waals surface area contributed by atoms with Gasteiger partial charge in [-0.2, -0.15) is 0 Å². The molecule has 0 fully saturated rings. The Morgan fingerprint density at radius 2 is 1.34 bits per heavy atom. The number of rotatable bonds is 7. The number of amides is 2. The van der Waals surface area contributed by atoms with Crippen LogP contribution in [0.4, 0.5) is 0 Å². The largest absolute Gasteiger partial charge is 0.345 e. The zero-order valence-corrected chi connectivity index (χ0v) is 19.3. The topological polar surface area (TPSA) is 66.5 Å². The lowest BCUT2D eigenvalue weighted by Crippen LogP contribution is -2.45. The summed E-state index contributed by atoms with van der Waals surface area (Å²) >= 11 is 0. The van der Waals surface area contributed by atoms with Crippen molar-refractivity contribution in [1.82, 2.24) is 10.2 Å². The molecule has 3 aromatic rings. The first kappa shape index (κ1) is 23.2. The van der Waals surface area contributed by atoms with E-state index in [0.717, 1.165) is 16.3 Å². The van der Waals surface area contributed by atoms with Gasteiger partial charge in [0.1, 0.15) is 0 Å². The van der Waals surface area contributed by atoms with E-state index in [1.807, 2.05) is 77.1 Å².